The second-order valence-electron chi connectivity index (χ2n) is 29.3. The van der Waals surface area contributed by atoms with Gasteiger partial charge in [-0.05, 0) is 68.4 Å². The number of nitrogens with one attached hydrogen (secondary N) is 4. The highest BCUT2D eigenvalue weighted by Gasteiger charge is 2.36. The first-order valence-electron chi connectivity index (χ1n) is 38.7. The largest absolute Gasteiger partial charge is 0.381 e. The zero-order chi connectivity index (χ0) is 84.6. The summed E-state index contributed by atoms with van der Waals surface area (Å²) < 4.78 is 75.7. The fraction of sp³-hybridized carbons (Fsp3) is 0.304. The van der Waals surface area contributed by atoms with Crippen LogP contribution in [0.5, 0.6) is 0 Å². The van der Waals surface area contributed by atoms with E-state index in [4.69, 9.17) is 32.9 Å². The Balaban J connectivity index is 0.000000127. The van der Waals surface area contributed by atoms with Crippen LogP contribution in [0.25, 0.3) is 22.6 Å². The van der Waals surface area contributed by atoms with E-state index in [0.29, 0.717) is 91.4 Å². The Hall–Kier alpha value is -14.5. The number of carbonyl (C=O) groups is 5. The van der Waals surface area contributed by atoms with Gasteiger partial charge in [-0.25, -0.2) is 64.6 Å². The van der Waals surface area contributed by atoms with Crippen molar-refractivity contribution in [2.45, 2.75) is 62.8 Å². The van der Waals surface area contributed by atoms with Crippen molar-refractivity contribution >= 4 is 125 Å². The molecule has 18 rings (SSSR count). The summed E-state index contributed by atoms with van der Waals surface area (Å²) in [5, 5.41) is 35.9. The van der Waals surface area contributed by atoms with E-state index in [1.807, 2.05) is 75.0 Å². The van der Waals surface area contributed by atoms with Crippen molar-refractivity contribution in [3.63, 3.8) is 0 Å². The molecule has 12 N–H and O–H groups in total. The minimum atomic E-state index is -3.09. The summed E-state index contributed by atoms with van der Waals surface area (Å²) in [5.41, 5.74) is 30.8. The molecule has 5 amide bonds. The first-order valence-corrected chi connectivity index (χ1v) is 40.6. The summed E-state index contributed by atoms with van der Waals surface area (Å²) in [4.78, 5) is 104. The lowest BCUT2D eigenvalue weighted by Gasteiger charge is -2.43. The molecule has 5 aliphatic heterocycles. The molecule has 11 aromatic heterocycles. The molecule has 2 aromatic carbocycles. The number of hydrogen-bond donors (Lipinski definition) is 8. The van der Waals surface area contributed by atoms with Gasteiger partial charge in [0.1, 0.15) is 37.9 Å². The number of ether oxygens (including phenoxy) is 1. The number of piperidine rings is 2. The summed E-state index contributed by atoms with van der Waals surface area (Å²) in [6.07, 6.45) is 25.4. The van der Waals surface area contributed by atoms with Gasteiger partial charge < -0.3 is 73.1 Å². The molecule has 0 unspecified atom stereocenters. The van der Waals surface area contributed by atoms with Crippen LogP contribution in [0, 0.1) is 34.7 Å². The summed E-state index contributed by atoms with van der Waals surface area (Å²) >= 11 is 0. The lowest BCUT2D eigenvalue weighted by molar-refractivity contribution is -0.140. The van der Waals surface area contributed by atoms with E-state index < -0.39 is 50.9 Å². The first kappa shape index (κ1) is 81.7. The number of pyridine rings is 2. The minimum absolute atomic E-state index is 0.00857. The minimum Gasteiger partial charge on any atom is -0.381 e. The number of rotatable bonds is 17. The van der Waals surface area contributed by atoms with Gasteiger partial charge in [0.2, 0.25) is 5.91 Å². The standard InChI is InChI=1S/C25H30FN9O3.C19H16N8O.C18H20FN7O3S.C17H17FN6O/c26-17-11-29-23-21(22(27)31-35(23)13-17)24(36)30-19-1-4-28-12-20(19)33-5-2-16(3-6-33)25(37)34-9-7-32(8-10-34)18-14-38-15-18;20-7-6-14-8-23-18-16(17(21)25-27(18)11-14)19(28)24-15-9-22-12-26(15)10-13-4-2-1-3-5-13;1-30(28,29)12-3-6-25(7-4-12)14-9-21-5-2-13(14)23-18(27)15-16(20)24-26-10-11(19)8-22-17(15)26;18-11-9-20-16-14(15(19)22-24(16)10-11)17(25)21-12-5-1-2-6-13(12)23-7-3-4-8-23/h1,4,11-13,16,18H,2-3,5-10,14-15H2,(H2,27,31)(H,28,30,36);1-5,8-9,11-12H,6,10H2,(H2,21,25)(H,24,28);2,5,8-10,12H,3-4,6-7H2,1H3,(H2,20,24)(H,21,23,27);1-2,5-6,9-10H,3-4,7-8H2,(H2,19,22)(H,21,25). The number of nitrogens with two attached hydrogens (primary N) is 4. The highest BCUT2D eigenvalue weighted by atomic mass is 32.2. The fourth-order valence-corrected chi connectivity index (χ4v) is 16.2. The fourth-order valence-electron chi connectivity index (χ4n) is 15.1. The van der Waals surface area contributed by atoms with Crippen molar-refractivity contribution in [2.75, 3.05) is 144 Å². The molecule has 5 saturated heterocycles. The number of para-hydroxylation sites is 2. The maximum Gasteiger partial charge on any atom is 0.264 e. The molecule has 0 atom stereocenters. The third-order valence-corrected chi connectivity index (χ3v) is 23.0. The van der Waals surface area contributed by atoms with Gasteiger partial charge in [0, 0.05) is 108 Å². The van der Waals surface area contributed by atoms with Crippen LogP contribution in [0.4, 0.5) is 76.4 Å². The number of hydrogen-bond acceptors (Lipinski definition) is 28. The number of fused-ring (bicyclic) bond motifs is 4. The maximum atomic E-state index is 13.5. The number of halogens is 3. The predicted octanol–water partition coefficient (Wildman–Crippen LogP) is 6.15. The van der Waals surface area contributed by atoms with Crippen LogP contribution in [0.15, 0.2) is 154 Å². The van der Waals surface area contributed by atoms with Gasteiger partial charge in [0.05, 0.1) is 140 Å². The Kier molecular flexibility index (Phi) is 24.1. The van der Waals surface area contributed by atoms with Crippen LogP contribution in [0.3, 0.4) is 0 Å². The Morgan fingerprint density at radius 1 is 0.496 bits per heavy atom. The highest BCUT2D eigenvalue weighted by molar-refractivity contribution is 7.91. The van der Waals surface area contributed by atoms with Crippen molar-refractivity contribution in [1.29, 1.82) is 5.26 Å². The number of imidazole rings is 1. The molecule has 38 nitrogen and oxygen atoms in total. The van der Waals surface area contributed by atoms with Crippen LogP contribution in [0.1, 0.15) is 91.1 Å². The quantitative estimate of drug-likeness (QED) is 0.0507. The zero-order valence-corrected chi connectivity index (χ0v) is 66.1. The number of nitrogens with zero attached hydrogens (tertiary/aromatic N) is 22. The number of nitriles is 1. The average molecular weight is 1670 g/mol. The third-order valence-electron chi connectivity index (χ3n) is 21.3. The predicted molar refractivity (Wildman–Crippen MR) is 443 cm³/mol. The number of carbonyl (C=O) groups excluding carboxylic acids is 5. The third kappa shape index (κ3) is 18.3. The summed E-state index contributed by atoms with van der Waals surface area (Å²) in [6, 6.07) is 23.4. The smallest absolute Gasteiger partial charge is 0.264 e. The lowest BCUT2D eigenvalue weighted by atomic mass is 9.94. The summed E-state index contributed by atoms with van der Waals surface area (Å²) in [5.74, 6) is -2.92. The number of aromatic nitrogens is 16. The van der Waals surface area contributed by atoms with Crippen LogP contribution < -0.4 is 58.9 Å². The van der Waals surface area contributed by atoms with Crippen LogP contribution >= 0.6 is 0 Å². The second-order valence-corrected chi connectivity index (χ2v) is 31.6. The van der Waals surface area contributed by atoms with Crippen molar-refractivity contribution < 1.29 is 50.3 Å². The molecule has 0 bridgehead atoms. The van der Waals surface area contributed by atoms with E-state index in [2.05, 4.69) is 91.2 Å². The lowest BCUT2D eigenvalue weighted by Crippen LogP contribution is -2.58. The van der Waals surface area contributed by atoms with Crippen LogP contribution in [0.2, 0.25) is 0 Å². The van der Waals surface area contributed by atoms with Gasteiger partial charge in [-0.2, -0.15) is 5.26 Å². The molecule has 42 heteroatoms. The van der Waals surface area contributed by atoms with Crippen molar-refractivity contribution in [3.8, 4) is 6.07 Å². The molecule has 0 radical (unpaired) electrons. The highest BCUT2D eigenvalue weighted by Crippen LogP contribution is 2.35. The Bertz CT molecular complexity index is 6180. The van der Waals surface area contributed by atoms with E-state index in [9.17, 15) is 45.6 Å². The molecule has 0 spiro atoms. The molecule has 0 aliphatic carbocycles. The molecule has 13 aromatic rings. The van der Waals surface area contributed by atoms with Gasteiger partial charge in [0.15, 0.2) is 63.3 Å². The molecule has 16 heterocycles. The second kappa shape index (κ2) is 35.8. The zero-order valence-electron chi connectivity index (χ0n) is 65.3. The molecule has 0 saturated carbocycles. The van der Waals surface area contributed by atoms with E-state index in [0.717, 1.165) is 141 Å². The Morgan fingerprint density at radius 2 is 0.934 bits per heavy atom. The van der Waals surface area contributed by atoms with Gasteiger partial charge in [-0.1, -0.05) is 42.5 Å². The number of benzene rings is 2. The topological polar surface area (TPSA) is 485 Å². The monoisotopic (exact) mass is 1670 g/mol. The molecule has 5 aliphatic rings. The Morgan fingerprint density at radius 3 is 1.40 bits per heavy atom. The van der Waals surface area contributed by atoms with Crippen LogP contribution in [-0.2, 0) is 32.3 Å². The van der Waals surface area contributed by atoms with Gasteiger partial charge in [0.25, 0.3) is 23.6 Å². The average Bonchev–Trinajstić information content (AvgIpc) is 1.64. The molecular weight excluding hydrogens is 1590 g/mol. The SMILES string of the molecule is CS(=O)(=O)C1CCN(c2cnccc2NC(=O)c2c(N)nn3cc(F)cnc23)CC1.N#CCc1cnc2c(C(=O)Nc3cncn3Cc3ccccc3)c(N)nn2c1.Nc1nn2cc(F)cnc2c1C(=O)Nc1ccccc1N1CCCC1.Nc1nn2cc(F)cnc2c1C(=O)Nc1ccncc1N1CCC(C(=O)N2CCN(C3COC3)CC2)CC1. The van der Waals surface area contributed by atoms with Crippen molar-refractivity contribution in [1.82, 2.24) is 87.7 Å². The Labute approximate surface area is 688 Å². The van der Waals surface area contributed by atoms with Crippen LogP contribution in [-0.4, -0.2) is 222 Å². The van der Waals surface area contributed by atoms with Gasteiger partial charge >= 0.3 is 0 Å². The number of nitrogen functional groups attached to an aromatic ring is 4. The maximum absolute atomic E-state index is 13.5. The summed E-state index contributed by atoms with van der Waals surface area (Å²) in [7, 11) is -3.09. The molecular formula is C79H83F3N30O8S. The van der Waals surface area contributed by atoms with Crippen molar-refractivity contribution in [3.05, 3.63) is 204 Å². The van der Waals surface area contributed by atoms with Gasteiger partial charge in [-0.15, -0.1) is 20.4 Å². The molecule has 121 heavy (non-hydrogen) atoms. The number of piperazine rings is 1. The number of amides is 5. The van der Waals surface area contributed by atoms with E-state index >= 15 is 0 Å². The molecule has 624 valence electrons. The normalized spacial score (nSPS) is 15.4. The number of sulfone groups is 1. The first-order chi connectivity index (χ1) is 58.5. The van der Waals surface area contributed by atoms with E-state index in [1.54, 1.807) is 49.4 Å². The summed E-state index contributed by atoms with van der Waals surface area (Å²) in [6.45, 7) is 9.81. The van der Waals surface area contributed by atoms with Crippen molar-refractivity contribution in [2.24, 2.45) is 5.92 Å². The van der Waals surface area contributed by atoms with E-state index in [-0.39, 0.29) is 86.0 Å². The number of anilines is 11. The van der Waals surface area contributed by atoms with Gasteiger partial charge in [-0.3, -0.25) is 38.8 Å². The molecule has 5 fully saturated rings. The van der Waals surface area contributed by atoms with E-state index in [1.165, 1.54) is 27.7 Å².